The van der Waals surface area contributed by atoms with Gasteiger partial charge in [0.25, 0.3) is 0 Å². The molecule has 2 nitrogen and oxygen atoms in total. The molecule has 0 aliphatic carbocycles. The fourth-order valence-corrected chi connectivity index (χ4v) is 1.83. The molecular formula is C12H20N2. The van der Waals surface area contributed by atoms with Crippen molar-refractivity contribution in [3.05, 3.63) is 37.0 Å². The molecule has 1 fully saturated rings. The van der Waals surface area contributed by atoms with E-state index in [2.05, 4.69) is 18.1 Å². The number of nitrogens with two attached hydrogens (primary N) is 1. The van der Waals surface area contributed by atoms with Crippen LogP contribution in [0.4, 0.5) is 0 Å². The average Bonchev–Trinajstić information content (AvgIpc) is 2.66. The van der Waals surface area contributed by atoms with E-state index in [1.165, 1.54) is 25.9 Å². The lowest BCUT2D eigenvalue weighted by Crippen LogP contribution is -2.36. The zero-order valence-corrected chi connectivity index (χ0v) is 8.78. The third kappa shape index (κ3) is 3.13. The van der Waals surface area contributed by atoms with Gasteiger partial charge >= 0.3 is 0 Å². The van der Waals surface area contributed by atoms with Crippen molar-refractivity contribution in [2.45, 2.75) is 18.9 Å². The summed E-state index contributed by atoms with van der Waals surface area (Å²) in [5.41, 5.74) is 7.14. The fourth-order valence-electron chi connectivity index (χ4n) is 1.83. The zero-order valence-electron chi connectivity index (χ0n) is 8.78. The van der Waals surface area contributed by atoms with E-state index in [0.717, 1.165) is 12.1 Å². The van der Waals surface area contributed by atoms with Crippen LogP contribution in [-0.2, 0) is 0 Å². The Hall–Kier alpha value is -0.860. The van der Waals surface area contributed by atoms with Crippen molar-refractivity contribution in [1.29, 1.82) is 0 Å². The molecule has 1 unspecified atom stereocenters. The molecule has 0 aromatic heterocycles. The van der Waals surface area contributed by atoms with E-state index in [9.17, 15) is 0 Å². The van der Waals surface area contributed by atoms with E-state index in [4.69, 9.17) is 5.73 Å². The number of nitrogens with zero attached hydrogens (tertiary/aromatic N) is 1. The molecule has 0 bridgehead atoms. The van der Waals surface area contributed by atoms with Gasteiger partial charge in [-0.25, -0.2) is 0 Å². The van der Waals surface area contributed by atoms with Crippen LogP contribution < -0.4 is 5.73 Å². The third-order valence-corrected chi connectivity index (χ3v) is 2.63. The number of rotatable bonds is 5. The lowest BCUT2D eigenvalue weighted by atomic mass is 10.1. The molecule has 1 rings (SSSR count). The van der Waals surface area contributed by atoms with Crippen LogP contribution in [0.5, 0.6) is 0 Å². The molecule has 2 heteroatoms. The van der Waals surface area contributed by atoms with Crippen molar-refractivity contribution >= 4 is 0 Å². The van der Waals surface area contributed by atoms with E-state index in [1.807, 2.05) is 12.2 Å². The Morgan fingerprint density at radius 1 is 1.36 bits per heavy atom. The van der Waals surface area contributed by atoms with Crippen LogP contribution in [0.2, 0.25) is 0 Å². The van der Waals surface area contributed by atoms with Crippen molar-refractivity contribution in [2.24, 2.45) is 5.73 Å². The minimum absolute atomic E-state index is 0.0728. The standard InChI is InChI=1S/C12H20N2/c1-3-7-11(4-2)12(13)10-14-8-5-6-9-14/h3-4,7,12H,1-2,5-6,8-10,13H2/b11-7+. The molecule has 0 aromatic rings. The second-order valence-electron chi connectivity index (χ2n) is 3.72. The van der Waals surface area contributed by atoms with E-state index in [1.54, 1.807) is 6.08 Å². The summed E-state index contributed by atoms with van der Waals surface area (Å²) in [6.07, 6.45) is 8.14. The van der Waals surface area contributed by atoms with Gasteiger partial charge in [-0.1, -0.05) is 31.4 Å². The summed E-state index contributed by atoms with van der Waals surface area (Å²) in [6.45, 7) is 10.7. The molecule has 1 heterocycles. The van der Waals surface area contributed by atoms with Gasteiger partial charge in [-0.3, -0.25) is 0 Å². The molecule has 2 N–H and O–H groups in total. The highest BCUT2D eigenvalue weighted by molar-refractivity contribution is 5.26. The molecular weight excluding hydrogens is 172 g/mol. The smallest absolute Gasteiger partial charge is 0.0424 e. The molecule has 78 valence electrons. The number of hydrogen-bond donors (Lipinski definition) is 1. The summed E-state index contributed by atoms with van der Waals surface area (Å²) in [4.78, 5) is 2.41. The summed E-state index contributed by atoms with van der Waals surface area (Å²) in [6, 6.07) is 0.0728. The van der Waals surface area contributed by atoms with E-state index in [-0.39, 0.29) is 6.04 Å². The van der Waals surface area contributed by atoms with Gasteiger partial charge in [0.1, 0.15) is 0 Å². The Morgan fingerprint density at radius 2 is 2.00 bits per heavy atom. The first-order valence-corrected chi connectivity index (χ1v) is 5.21. The van der Waals surface area contributed by atoms with Crippen LogP contribution in [0.3, 0.4) is 0 Å². The van der Waals surface area contributed by atoms with Crippen LogP contribution in [-0.4, -0.2) is 30.6 Å². The fraction of sp³-hybridized carbons (Fsp3) is 0.500. The van der Waals surface area contributed by atoms with Gasteiger partial charge in [-0.2, -0.15) is 0 Å². The van der Waals surface area contributed by atoms with Gasteiger partial charge in [-0.05, 0) is 31.5 Å². The van der Waals surface area contributed by atoms with Crippen LogP contribution >= 0.6 is 0 Å². The third-order valence-electron chi connectivity index (χ3n) is 2.63. The van der Waals surface area contributed by atoms with Crippen molar-refractivity contribution in [1.82, 2.24) is 4.90 Å². The average molecular weight is 192 g/mol. The van der Waals surface area contributed by atoms with E-state index in [0.29, 0.717) is 0 Å². The molecule has 1 saturated heterocycles. The van der Waals surface area contributed by atoms with Crippen molar-refractivity contribution < 1.29 is 0 Å². The quantitative estimate of drug-likeness (QED) is 0.672. The minimum Gasteiger partial charge on any atom is -0.323 e. The number of allylic oxidation sites excluding steroid dienone is 2. The predicted octanol–water partition coefficient (Wildman–Crippen LogP) is 1.71. The minimum atomic E-state index is 0.0728. The normalized spacial score (nSPS) is 20.8. The highest BCUT2D eigenvalue weighted by Gasteiger charge is 2.15. The summed E-state index contributed by atoms with van der Waals surface area (Å²) in [7, 11) is 0. The van der Waals surface area contributed by atoms with Crippen molar-refractivity contribution in [3.8, 4) is 0 Å². The largest absolute Gasteiger partial charge is 0.323 e. The molecule has 0 radical (unpaired) electrons. The van der Waals surface area contributed by atoms with Crippen molar-refractivity contribution in [3.63, 3.8) is 0 Å². The van der Waals surface area contributed by atoms with Gasteiger partial charge in [0.2, 0.25) is 0 Å². The summed E-state index contributed by atoms with van der Waals surface area (Å²) in [5, 5.41) is 0. The number of likely N-dealkylation sites (tertiary alicyclic amines) is 1. The molecule has 0 amide bonds. The Balaban J connectivity index is 2.45. The first-order chi connectivity index (χ1) is 6.77. The second kappa shape index (κ2) is 5.78. The molecule has 1 aliphatic heterocycles. The predicted molar refractivity (Wildman–Crippen MR) is 62.1 cm³/mol. The second-order valence-corrected chi connectivity index (χ2v) is 3.72. The Bertz CT molecular complexity index is 224. The Kier molecular flexibility index (Phi) is 4.63. The van der Waals surface area contributed by atoms with Gasteiger partial charge in [-0.15, -0.1) is 0 Å². The van der Waals surface area contributed by atoms with Gasteiger partial charge in [0, 0.05) is 12.6 Å². The highest BCUT2D eigenvalue weighted by Crippen LogP contribution is 2.10. The van der Waals surface area contributed by atoms with Gasteiger partial charge in [0.15, 0.2) is 0 Å². The Morgan fingerprint density at radius 3 is 2.50 bits per heavy atom. The van der Waals surface area contributed by atoms with Crippen LogP contribution in [0, 0.1) is 0 Å². The maximum atomic E-state index is 6.07. The molecule has 14 heavy (non-hydrogen) atoms. The van der Waals surface area contributed by atoms with Gasteiger partial charge < -0.3 is 10.6 Å². The maximum absolute atomic E-state index is 6.07. The number of hydrogen-bond acceptors (Lipinski definition) is 2. The first kappa shape index (κ1) is 11.2. The zero-order chi connectivity index (χ0) is 10.4. The van der Waals surface area contributed by atoms with Gasteiger partial charge in [0.05, 0.1) is 0 Å². The first-order valence-electron chi connectivity index (χ1n) is 5.21. The summed E-state index contributed by atoms with van der Waals surface area (Å²) < 4.78 is 0. The van der Waals surface area contributed by atoms with Crippen molar-refractivity contribution in [2.75, 3.05) is 19.6 Å². The van der Waals surface area contributed by atoms with Crippen LogP contribution in [0.1, 0.15) is 12.8 Å². The molecule has 0 spiro atoms. The SMILES string of the molecule is C=C/C=C(\C=C)C(N)CN1CCCC1. The van der Waals surface area contributed by atoms with E-state index < -0.39 is 0 Å². The van der Waals surface area contributed by atoms with E-state index >= 15 is 0 Å². The summed E-state index contributed by atoms with van der Waals surface area (Å²) in [5.74, 6) is 0. The lowest BCUT2D eigenvalue weighted by molar-refractivity contribution is 0.327. The Labute approximate surface area is 86.8 Å². The van der Waals surface area contributed by atoms with Crippen LogP contribution in [0.25, 0.3) is 0 Å². The molecule has 0 saturated carbocycles. The topological polar surface area (TPSA) is 29.3 Å². The summed E-state index contributed by atoms with van der Waals surface area (Å²) >= 11 is 0. The molecule has 1 aliphatic rings. The monoisotopic (exact) mass is 192 g/mol. The highest BCUT2D eigenvalue weighted by atomic mass is 15.1. The molecule has 1 atom stereocenters. The maximum Gasteiger partial charge on any atom is 0.0424 e. The van der Waals surface area contributed by atoms with Crippen LogP contribution in [0.15, 0.2) is 37.0 Å². The lowest BCUT2D eigenvalue weighted by Gasteiger charge is -2.20. The molecule has 0 aromatic carbocycles.